The zero-order valence-electron chi connectivity index (χ0n) is 31.6. The molecule has 0 N–H and O–H groups in total. The maximum atomic E-state index is 14.2. The Kier molecular flexibility index (Phi) is 7.32. The minimum absolute atomic E-state index is 0.0546. The molecule has 0 atom stereocenters. The molecule has 270 valence electrons. The molecule has 4 heteroatoms. The molecule has 0 fully saturated rings. The molecule has 0 radical (unpaired) electrons. The van der Waals surface area contributed by atoms with Gasteiger partial charge in [0.1, 0.15) is 5.82 Å². The van der Waals surface area contributed by atoms with Crippen LogP contribution in [0.3, 0.4) is 0 Å². The predicted octanol–water partition coefficient (Wildman–Crippen LogP) is 13.2. The van der Waals surface area contributed by atoms with Gasteiger partial charge in [0.2, 0.25) is 0 Å². The minimum atomic E-state index is -0.126. The second kappa shape index (κ2) is 12.6. The highest BCUT2D eigenvalue weighted by Crippen LogP contribution is 2.54. The zero-order chi connectivity index (χ0) is 38.3. The maximum Gasteiger partial charge on any atom is 0.264 e. The van der Waals surface area contributed by atoms with Gasteiger partial charge in [0, 0.05) is 38.7 Å². The van der Waals surface area contributed by atoms with Gasteiger partial charge in [0.25, 0.3) is 5.56 Å². The summed E-state index contributed by atoms with van der Waals surface area (Å²) in [4.78, 5) is 21.6. The molecule has 0 unspecified atom stereocenters. The van der Waals surface area contributed by atoms with Crippen molar-refractivity contribution in [2.75, 3.05) is 4.90 Å². The van der Waals surface area contributed by atoms with E-state index >= 15 is 0 Å². The second-order valence-electron chi connectivity index (χ2n) is 15.5. The van der Waals surface area contributed by atoms with E-state index in [1.54, 1.807) is 0 Å². The molecular weight excluding hydrogens is 695 g/mol. The Bertz CT molecular complexity index is 3200. The number of hydrogen-bond acceptors (Lipinski definition) is 3. The fraction of sp³-hybridized carbons (Fsp3) is 0.0566. The summed E-state index contributed by atoms with van der Waals surface area (Å²) in [6.07, 6.45) is 0. The summed E-state index contributed by atoms with van der Waals surface area (Å²) < 4.78 is 1.82. The number of hydrogen-bond donors (Lipinski definition) is 0. The van der Waals surface area contributed by atoms with Crippen LogP contribution in [0.5, 0.6) is 0 Å². The summed E-state index contributed by atoms with van der Waals surface area (Å²) in [6, 6.07) is 66.1. The van der Waals surface area contributed by atoms with E-state index in [1.807, 2.05) is 52.9 Å². The van der Waals surface area contributed by atoms with E-state index in [0.29, 0.717) is 11.2 Å². The molecule has 4 nitrogen and oxygen atoms in total. The van der Waals surface area contributed by atoms with Crippen LogP contribution >= 0.6 is 0 Å². The second-order valence-corrected chi connectivity index (χ2v) is 15.5. The number of aromatic nitrogens is 2. The molecule has 0 saturated carbocycles. The van der Waals surface area contributed by atoms with E-state index in [2.05, 4.69) is 158 Å². The van der Waals surface area contributed by atoms with Crippen molar-refractivity contribution in [3.8, 4) is 44.8 Å². The van der Waals surface area contributed by atoms with Gasteiger partial charge in [-0.15, -0.1) is 0 Å². The number of anilines is 3. The standard InChI is InChI=1S/C53H37N3O/c1-53(2)44-21-12-11-20-43(44)49-45(53)22-13-23-47(49)55(38-28-24-35(25-29-38)34-14-5-3-6-15-34)39-30-26-36(27-31-39)40-32-33-46-50-48(40)41-18-9-10-19-42(41)52(57)56(50)51(54-46)37-16-7-4-8-17-37/h3-33H,1-2H3. The fourth-order valence-corrected chi connectivity index (χ4v) is 9.24. The van der Waals surface area contributed by atoms with Crippen molar-refractivity contribution in [2.45, 2.75) is 19.3 Å². The lowest BCUT2D eigenvalue weighted by atomic mass is 9.82. The predicted molar refractivity (Wildman–Crippen MR) is 236 cm³/mol. The lowest BCUT2D eigenvalue weighted by Gasteiger charge is -2.29. The number of rotatable bonds is 6. The largest absolute Gasteiger partial charge is 0.310 e. The van der Waals surface area contributed by atoms with Gasteiger partial charge in [-0.25, -0.2) is 4.98 Å². The van der Waals surface area contributed by atoms with Gasteiger partial charge in [-0.1, -0.05) is 159 Å². The Balaban J connectivity index is 1.10. The van der Waals surface area contributed by atoms with E-state index in [4.69, 9.17) is 4.98 Å². The van der Waals surface area contributed by atoms with Gasteiger partial charge in [0.05, 0.1) is 16.7 Å². The van der Waals surface area contributed by atoms with E-state index in [0.717, 1.165) is 55.6 Å². The average Bonchev–Trinajstić information content (AvgIpc) is 3.77. The smallest absolute Gasteiger partial charge is 0.264 e. The zero-order valence-corrected chi connectivity index (χ0v) is 31.6. The van der Waals surface area contributed by atoms with Crippen molar-refractivity contribution in [1.82, 2.24) is 9.38 Å². The first kappa shape index (κ1) is 33.1. The molecule has 2 aromatic heterocycles. The van der Waals surface area contributed by atoms with Crippen molar-refractivity contribution in [2.24, 2.45) is 0 Å². The van der Waals surface area contributed by atoms with Crippen LogP contribution in [-0.4, -0.2) is 9.38 Å². The minimum Gasteiger partial charge on any atom is -0.310 e. The highest BCUT2D eigenvalue weighted by Gasteiger charge is 2.37. The normalized spacial score (nSPS) is 12.9. The topological polar surface area (TPSA) is 37.6 Å². The van der Waals surface area contributed by atoms with Crippen molar-refractivity contribution < 1.29 is 0 Å². The third-order valence-corrected chi connectivity index (χ3v) is 12.0. The van der Waals surface area contributed by atoms with Gasteiger partial charge in [-0.3, -0.25) is 9.20 Å². The molecule has 0 amide bonds. The lowest BCUT2D eigenvalue weighted by Crippen LogP contribution is -2.16. The molecule has 10 aromatic rings. The number of imidazole rings is 1. The Hall–Kier alpha value is -7.30. The Morgan fingerprint density at radius 1 is 0.491 bits per heavy atom. The van der Waals surface area contributed by atoms with Crippen molar-refractivity contribution in [1.29, 1.82) is 0 Å². The Morgan fingerprint density at radius 2 is 1.07 bits per heavy atom. The average molecular weight is 732 g/mol. The first-order valence-corrected chi connectivity index (χ1v) is 19.5. The van der Waals surface area contributed by atoms with Gasteiger partial charge in [0.15, 0.2) is 0 Å². The number of benzene rings is 8. The summed E-state index contributed by atoms with van der Waals surface area (Å²) in [7, 11) is 0. The summed E-state index contributed by atoms with van der Waals surface area (Å²) in [5.74, 6) is 0.660. The molecule has 0 bridgehead atoms. The highest BCUT2D eigenvalue weighted by molar-refractivity contribution is 6.17. The van der Waals surface area contributed by atoms with Gasteiger partial charge >= 0.3 is 0 Å². The van der Waals surface area contributed by atoms with Gasteiger partial charge < -0.3 is 4.90 Å². The SMILES string of the molecule is CC1(C)c2ccccc2-c2c(N(c3ccc(-c4ccccc4)cc3)c3ccc(-c4ccc5nc(-c6ccccc6)n6c(=O)c7ccccc7c4c56)cc3)cccc21. The van der Waals surface area contributed by atoms with Crippen LogP contribution in [0.2, 0.25) is 0 Å². The third-order valence-electron chi connectivity index (χ3n) is 12.0. The quantitative estimate of drug-likeness (QED) is 0.160. The summed E-state index contributed by atoms with van der Waals surface area (Å²) in [6.45, 7) is 4.66. The van der Waals surface area contributed by atoms with Crippen molar-refractivity contribution >= 4 is 44.3 Å². The number of nitrogens with zero attached hydrogens (tertiary/aromatic N) is 3. The van der Waals surface area contributed by atoms with Crippen LogP contribution in [0.25, 0.3) is 72.0 Å². The Morgan fingerprint density at radius 3 is 1.79 bits per heavy atom. The third kappa shape index (κ3) is 5.00. The summed E-state index contributed by atoms with van der Waals surface area (Å²) in [5.41, 5.74) is 15.4. The molecular formula is C53H37N3O. The molecule has 2 heterocycles. The number of pyridine rings is 1. The van der Waals surface area contributed by atoms with Gasteiger partial charge in [-0.2, -0.15) is 0 Å². The molecule has 57 heavy (non-hydrogen) atoms. The molecule has 8 aromatic carbocycles. The fourth-order valence-electron chi connectivity index (χ4n) is 9.24. The molecule has 0 spiro atoms. The van der Waals surface area contributed by atoms with Crippen LogP contribution in [-0.2, 0) is 5.41 Å². The molecule has 0 aliphatic heterocycles. The number of fused-ring (bicyclic) bond motifs is 5. The first-order valence-electron chi connectivity index (χ1n) is 19.5. The Labute approximate surface area is 330 Å². The van der Waals surface area contributed by atoms with Gasteiger partial charge in [-0.05, 0) is 86.8 Å². The maximum absolute atomic E-state index is 14.2. The van der Waals surface area contributed by atoms with E-state index in [1.165, 1.54) is 33.4 Å². The van der Waals surface area contributed by atoms with E-state index < -0.39 is 0 Å². The van der Waals surface area contributed by atoms with E-state index in [9.17, 15) is 4.79 Å². The summed E-state index contributed by atoms with van der Waals surface area (Å²) >= 11 is 0. The molecule has 1 aliphatic rings. The molecule has 0 saturated heterocycles. The highest BCUT2D eigenvalue weighted by atomic mass is 16.1. The molecule has 1 aliphatic carbocycles. The van der Waals surface area contributed by atoms with Crippen molar-refractivity contribution in [3.05, 3.63) is 210 Å². The van der Waals surface area contributed by atoms with Crippen LogP contribution in [0.15, 0.2) is 193 Å². The lowest BCUT2D eigenvalue weighted by molar-refractivity contribution is 0.660. The van der Waals surface area contributed by atoms with Crippen LogP contribution in [0.1, 0.15) is 25.0 Å². The van der Waals surface area contributed by atoms with Crippen LogP contribution in [0.4, 0.5) is 17.1 Å². The van der Waals surface area contributed by atoms with Crippen molar-refractivity contribution in [3.63, 3.8) is 0 Å². The molecule has 11 rings (SSSR count). The van der Waals surface area contributed by atoms with Crippen LogP contribution < -0.4 is 10.5 Å². The first-order chi connectivity index (χ1) is 28.0. The monoisotopic (exact) mass is 731 g/mol. The van der Waals surface area contributed by atoms with E-state index in [-0.39, 0.29) is 11.0 Å². The van der Waals surface area contributed by atoms with Crippen LogP contribution in [0, 0.1) is 0 Å². The summed E-state index contributed by atoms with van der Waals surface area (Å²) in [5, 5.41) is 2.63.